The van der Waals surface area contributed by atoms with Crippen LogP contribution in [0.25, 0.3) is 0 Å². The third kappa shape index (κ3) is 4.45. The highest BCUT2D eigenvalue weighted by atomic mass is 16.5. The average molecular weight is 282 g/mol. The second-order valence-electron chi connectivity index (χ2n) is 6.62. The summed E-state index contributed by atoms with van der Waals surface area (Å²) in [6.45, 7) is 6.13. The number of nitrogens with zero attached hydrogens (tertiary/aromatic N) is 2. The molecule has 2 fully saturated rings. The number of hydrogen-bond donors (Lipinski definition) is 0. The van der Waals surface area contributed by atoms with Gasteiger partial charge in [0.2, 0.25) is 5.91 Å². The Morgan fingerprint density at radius 1 is 1.10 bits per heavy atom. The molecule has 2 rings (SSSR count). The Balaban J connectivity index is 1.83. The molecular formula is C16H30N2O2. The van der Waals surface area contributed by atoms with Gasteiger partial charge in [0, 0.05) is 19.1 Å². The van der Waals surface area contributed by atoms with Crippen LogP contribution in [-0.2, 0) is 9.53 Å². The second kappa shape index (κ2) is 7.41. The molecular weight excluding hydrogens is 252 g/mol. The van der Waals surface area contributed by atoms with E-state index in [1.165, 1.54) is 38.5 Å². The van der Waals surface area contributed by atoms with E-state index in [2.05, 4.69) is 11.9 Å². The maximum atomic E-state index is 12.5. The van der Waals surface area contributed by atoms with Gasteiger partial charge in [0.15, 0.2) is 0 Å². The first-order chi connectivity index (χ1) is 9.56. The number of morpholine rings is 1. The molecule has 1 aliphatic heterocycles. The van der Waals surface area contributed by atoms with Crippen LogP contribution in [0.4, 0.5) is 0 Å². The van der Waals surface area contributed by atoms with Crippen molar-refractivity contribution in [3.05, 3.63) is 0 Å². The molecule has 0 aromatic heterocycles. The Hall–Kier alpha value is -0.610. The zero-order chi connectivity index (χ0) is 14.5. The molecule has 0 radical (unpaired) electrons. The quantitative estimate of drug-likeness (QED) is 0.745. The summed E-state index contributed by atoms with van der Waals surface area (Å²) < 4.78 is 5.70. The summed E-state index contributed by atoms with van der Waals surface area (Å²) in [6, 6.07) is 0.595. The van der Waals surface area contributed by atoms with E-state index in [4.69, 9.17) is 4.74 Å². The van der Waals surface area contributed by atoms with E-state index in [-0.39, 0.29) is 18.1 Å². The fraction of sp³-hybridized carbons (Fsp3) is 0.938. The monoisotopic (exact) mass is 282 g/mol. The predicted molar refractivity (Wildman–Crippen MR) is 80.7 cm³/mol. The van der Waals surface area contributed by atoms with Gasteiger partial charge in [-0.1, -0.05) is 25.7 Å². The van der Waals surface area contributed by atoms with E-state index < -0.39 is 0 Å². The van der Waals surface area contributed by atoms with Gasteiger partial charge in [-0.05, 0) is 33.7 Å². The lowest BCUT2D eigenvalue weighted by molar-refractivity contribution is -0.144. The highest BCUT2D eigenvalue weighted by molar-refractivity contribution is 5.78. The van der Waals surface area contributed by atoms with E-state index in [0.29, 0.717) is 12.6 Å². The Bertz CT molecular complexity index is 304. The average Bonchev–Trinajstić information content (AvgIpc) is 2.66. The lowest BCUT2D eigenvalue weighted by atomic mass is 10.1. The third-order valence-corrected chi connectivity index (χ3v) is 4.61. The zero-order valence-corrected chi connectivity index (χ0v) is 13.3. The Kier molecular flexibility index (Phi) is 5.85. The number of ether oxygens (including phenoxy) is 1. The van der Waals surface area contributed by atoms with Crippen LogP contribution < -0.4 is 0 Å². The number of amides is 1. The number of likely N-dealkylation sites (N-methyl/N-ethyl adjacent to an activating group) is 1. The van der Waals surface area contributed by atoms with Gasteiger partial charge >= 0.3 is 0 Å². The lowest BCUT2D eigenvalue weighted by Crippen LogP contribution is -2.51. The summed E-state index contributed by atoms with van der Waals surface area (Å²) in [7, 11) is 2.11. The molecule has 1 saturated carbocycles. The summed E-state index contributed by atoms with van der Waals surface area (Å²) in [6.07, 6.45) is 8.16. The lowest BCUT2D eigenvalue weighted by Gasteiger charge is -2.37. The standard InChI is InChI=1S/C16H30N2O2/c1-13-10-18(11-14(2)20-13)16(19)12-17(3)15-8-6-4-5-7-9-15/h13-15H,4-12H2,1-3H3. The van der Waals surface area contributed by atoms with Gasteiger partial charge in [-0.15, -0.1) is 0 Å². The van der Waals surface area contributed by atoms with E-state index in [9.17, 15) is 4.79 Å². The molecule has 1 heterocycles. The summed E-state index contributed by atoms with van der Waals surface area (Å²) in [5.41, 5.74) is 0. The number of carbonyl (C=O) groups is 1. The molecule has 20 heavy (non-hydrogen) atoms. The smallest absolute Gasteiger partial charge is 0.236 e. The molecule has 0 bridgehead atoms. The molecule has 2 aliphatic rings. The van der Waals surface area contributed by atoms with Crippen molar-refractivity contribution >= 4 is 5.91 Å². The topological polar surface area (TPSA) is 32.8 Å². The number of rotatable bonds is 3. The van der Waals surface area contributed by atoms with Crippen molar-refractivity contribution in [2.24, 2.45) is 0 Å². The maximum Gasteiger partial charge on any atom is 0.236 e. The first-order valence-electron chi connectivity index (χ1n) is 8.19. The predicted octanol–water partition coefficient (Wildman–Crippen LogP) is 2.28. The van der Waals surface area contributed by atoms with Crippen LogP contribution in [0, 0.1) is 0 Å². The molecule has 1 amide bonds. The van der Waals surface area contributed by atoms with Crippen LogP contribution in [0.3, 0.4) is 0 Å². The van der Waals surface area contributed by atoms with Gasteiger partial charge in [0.1, 0.15) is 0 Å². The molecule has 116 valence electrons. The summed E-state index contributed by atoms with van der Waals surface area (Å²) in [5.74, 6) is 0.263. The van der Waals surface area contributed by atoms with Crippen molar-refractivity contribution in [2.45, 2.75) is 70.6 Å². The van der Waals surface area contributed by atoms with Gasteiger partial charge in [0.25, 0.3) is 0 Å². The largest absolute Gasteiger partial charge is 0.372 e. The molecule has 1 saturated heterocycles. The molecule has 0 aromatic rings. The van der Waals surface area contributed by atoms with Crippen LogP contribution >= 0.6 is 0 Å². The maximum absolute atomic E-state index is 12.5. The van der Waals surface area contributed by atoms with Crippen LogP contribution in [-0.4, -0.2) is 60.6 Å². The van der Waals surface area contributed by atoms with Crippen LogP contribution in [0.15, 0.2) is 0 Å². The molecule has 2 unspecified atom stereocenters. The summed E-state index contributed by atoms with van der Waals surface area (Å²) in [5, 5.41) is 0. The molecule has 1 aliphatic carbocycles. The van der Waals surface area contributed by atoms with Gasteiger partial charge in [-0.3, -0.25) is 9.69 Å². The van der Waals surface area contributed by atoms with Crippen molar-refractivity contribution < 1.29 is 9.53 Å². The van der Waals surface area contributed by atoms with E-state index in [0.717, 1.165) is 13.1 Å². The molecule has 4 nitrogen and oxygen atoms in total. The minimum atomic E-state index is 0.158. The zero-order valence-electron chi connectivity index (χ0n) is 13.3. The van der Waals surface area contributed by atoms with Crippen LogP contribution in [0.2, 0.25) is 0 Å². The molecule has 0 spiro atoms. The van der Waals surface area contributed by atoms with Crippen molar-refractivity contribution in [1.82, 2.24) is 9.80 Å². The second-order valence-corrected chi connectivity index (χ2v) is 6.62. The normalized spacial score (nSPS) is 29.5. The third-order valence-electron chi connectivity index (χ3n) is 4.61. The van der Waals surface area contributed by atoms with Crippen LogP contribution in [0.5, 0.6) is 0 Å². The van der Waals surface area contributed by atoms with Gasteiger partial charge < -0.3 is 9.64 Å². The number of carbonyl (C=O) groups excluding carboxylic acids is 1. The van der Waals surface area contributed by atoms with Crippen molar-refractivity contribution in [3.63, 3.8) is 0 Å². The Morgan fingerprint density at radius 3 is 2.20 bits per heavy atom. The van der Waals surface area contributed by atoms with E-state index in [1.54, 1.807) is 0 Å². The highest BCUT2D eigenvalue weighted by Crippen LogP contribution is 2.21. The first kappa shape index (κ1) is 15.8. The highest BCUT2D eigenvalue weighted by Gasteiger charge is 2.27. The molecule has 2 atom stereocenters. The van der Waals surface area contributed by atoms with Gasteiger partial charge in [-0.2, -0.15) is 0 Å². The fourth-order valence-corrected chi connectivity index (χ4v) is 3.52. The Morgan fingerprint density at radius 2 is 1.65 bits per heavy atom. The van der Waals surface area contributed by atoms with E-state index in [1.807, 2.05) is 18.7 Å². The van der Waals surface area contributed by atoms with Crippen molar-refractivity contribution in [1.29, 1.82) is 0 Å². The summed E-state index contributed by atoms with van der Waals surface area (Å²) in [4.78, 5) is 16.7. The van der Waals surface area contributed by atoms with Gasteiger partial charge in [0.05, 0.1) is 18.8 Å². The SMILES string of the molecule is CC1CN(C(=O)CN(C)C2CCCCCC2)CC(C)O1. The molecule has 0 N–H and O–H groups in total. The van der Waals surface area contributed by atoms with Gasteiger partial charge in [-0.25, -0.2) is 0 Å². The van der Waals surface area contributed by atoms with E-state index >= 15 is 0 Å². The van der Waals surface area contributed by atoms with Crippen LogP contribution in [0.1, 0.15) is 52.4 Å². The minimum Gasteiger partial charge on any atom is -0.372 e. The molecule has 4 heteroatoms. The minimum absolute atomic E-state index is 0.158. The Labute approximate surface area is 123 Å². The number of hydrogen-bond acceptors (Lipinski definition) is 3. The molecule has 0 aromatic carbocycles. The van der Waals surface area contributed by atoms with Crippen molar-refractivity contribution in [3.8, 4) is 0 Å². The summed E-state index contributed by atoms with van der Waals surface area (Å²) >= 11 is 0. The fourth-order valence-electron chi connectivity index (χ4n) is 3.52. The van der Waals surface area contributed by atoms with Crippen molar-refractivity contribution in [2.75, 3.05) is 26.7 Å². The first-order valence-corrected chi connectivity index (χ1v) is 8.19.